The maximum Gasteiger partial charge on any atom is 0.331 e. The quantitative estimate of drug-likeness (QED) is 0.347. The van der Waals surface area contributed by atoms with Gasteiger partial charge in [-0.3, -0.25) is 10.1 Å². The third-order valence-corrected chi connectivity index (χ3v) is 3.26. The van der Waals surface area contributed by atoms with Crippen LogP contribution in [0.25, 0.3) is 6.08 Å². The van der Waals surface area contributed by atoms with Gasteiger partial charge in [-0.05, 0) is 29.3 Å². The van der Waals surface area contributed by atoms with Crippen LogP contribution in [0.3, 0.4) is 0 Å². The monoisotopic (exact) mass is 361 g/mol. The fourth-order valence-electron chi connectivity index (χ4n) is 1.74. The molecule has 2 aromatic carbocycles. The van der Waals surface area contributed by atoms with Gasteiger partial charge in [0.05, 0.1) is 4.92 Å². The highest BCUT2D eigenvalue weighted by atomic mass is 79.9. The van der Waals surface area contributed by atoms with Gasteiger partial charge in [-0.15, -0.1) is 0 Å². The van der Waals surface area contributed by atoms with Gasteiger partial charge in [0, 0.05) is 22.7 Å². The predicted molar refractivity (Wildman–Crippen MR) is 86.1 cm³/mol. The number of carbonyl (C=O) groups excluding carboxylic acids is 1. The van der Waals surface area contributed by atoms with E-state index in [2.05, 4.69) is 15.9 Å². The molecule has 0 aliphatic carbocycles. The maximum absolute atomic E-state index is 11.6. The fourth-order valence-corrected chi connectivity index (χ4v) is 2.15. The number of nitro benzene ring substituents is 1. The van der Waals surface area contributed by atoms with E-state index in [1.165, 1.54) is 18.2 Å². The van der Waals surface area contributed by atoms with Gasteiger partial charge in [-0.2, -0.15) is 0 Å². The summed E-state index contributed by atoms with van der Waals surface area (Å²) in [5.41, 5.74) is 1.40. The van der Waals surface area contributed by atoms with E-state index in [1.807, 2.05) is 24.3 Å². The zero-order valence-corrected chi connectivity index (χ0v) is 13.0. The Morgan fingerprint density at radius 2 is 2.00 bits per heavy atom. The number of benzene rings is 2. The minimum atomic E-state index is -0.508. The van der Waals surface area contributed by atoms with Crippen LogP contribution < -0.4 is 0 Å². The molecular weight excluding hydrogens is 350 g/mol. The van der Waals surface area contributed by atoms with Crippen molar-refractivity contribution in [3.63, 3.8) is 0 Å². The molecule has 0 atom stereocenters. The number of nitrogens with zero attached hydrogens (tertiary/aromatic N) is 1. The van der Waals surface area contributed by atoms with Crippen LogP contribution in [0.4, 0.5) is 5.69 Å². The van der Waals surface area contributed by atoms with E-state index in [0.29, 0.717) is 5.56 Å². The molecule has 0 unspecified atom stereocenters. The Kier molecular flexibility index (Phi) is 5.43. The number of ether oxygens (including phenoxy) is 1. The number of hydrogen-bond acceptors (Lipinski definition) is 4. The summed E-state index contributed by atoms with van der Waals surface area (Å²) in [5.74, 6) is -0.508. The Bertz CT molecular complexity index is 728. The first-order valence-electron chi connectivity index (χ1n) is 6.38. The number of halogens is 1. The van der Waals surface area contributed by atoms with Crippen LogP contribution in [0.2, 0.25) is 0 Å². The van der Waals surface area contributed by atoms with Crippen molar-refractivity contribution in [1.82, 2.24) is 0 Å². The van der Waals surface area contributed by atoms with Gasteiger partial charge in [-0.25, -0.2) is 4.79 Å². The molecule has 0 saturated carbocycles. The molecule has 0 bridgehead atoms. The number of non-ortho nitro benzene ring substituents is 1. The Morgan fingerprint density at radius 1 is 1.23 bits per heavy atom. The highest BCUT2D eigenvalue weighted by molar-refractivity contribution is 9.10. The van der Waals surface area contributed by atoms with Crippen LogP contribution in [0, 0.1) is 10.1 Å². The Morgan fingerprint density at radius 3 is 2.73 bits per heavy atom. The molecule has 0 spiro atoms. The molecule has 0 heterocycles. The van der Waals surface area contributed by atoms with Crippen LogP contribution in [0.1, 0.15) is 11.1 Å². The van der Waals surface area contributed by atoms with Gasteiger partial charge in [0.1, 0.15) is 6.61 Å². The second-order valence-corrected chi connectivity index (χ2v) is 5.34. The topological polar surface area (TPSA) is 69.4 Å². The van der Waals surface area contributed by atoms with E-state index in [9.17, 15) is 14.9 Å². The highest BCUT2D eigenvalue weighted by Crippen LogP contribution is 2.15. The smallest absolute Gasteiger partial charge is 0.331 e. The minimum Gasteiger partial charge on any atom is -0.458 e. The first-order valence-corrected chi connectivity index (χ1v) is 7.17. The Labute approximate surface area is 135 Å². The van der Waals surface area contributed by atoms with Crippen molar-refractivity contribution in [1.29, 1.82) is 0 Å². The summed E-state index contributed by atoms with van der Waals surface area (Å²) in [6, 6.07) is 13.5. The molecule has 6 heteroatoms. The number of carbonyl (C=O) groups is 1. The van der Waals surface area contributed by atoms with Gasteiger partial charge >= 0.3 is 5.97 Å². The Balaban J connectivity index is 1.93. The molecular formula is C16H12BrNO4. The third-order valence-electron chi connectivity index (χ3n) is 2.76. The summed E-state index contributed by atoms with van der Waals surface area (Å²) in [5, 5.41) is 10.7. The molecule has 0 fully saturated rings. The van der Waals surface area contributed by atoms with Gasteiger partial charge in [-0.1, -0.05) is 40.2 Å². The number of esters is 1. The van der Waals surface area contributed by atoms with Crippen LogP contribution in [-0.4, -0.2) is 10.9 Å². The first-order chi connectivity index (χ1) is 10.5. The van der Waals surface area contributed by atoms with E-state index < -0.39 is 10.9 Å². The molecule has 5 nitrogen and oxygen atoms in total. The summed E-state index contributed by atoms with van der Waals surface area (Å²) < 4.78 is 5.97. The van der Waals surface area contributed by atoms with Gasteiger partial charge in [0.25, 0.3) is 5.69 Å². The van der Waals surface area contributed by atoms with Crippen molar-refractivity contribution < 1.29 is 14.5 Å². The predicted octanol–water partition coefficient (Wildman–Crippen LogP) is 4.11. The summed E-state index contributed by atoms with van der Waals surface area (Å²) >= 11 is 3.34. The summed E-state index contributed by atoms with van der Waals surface area (Å²) in [6.45, 7) is -0.0106. The van der Waals surface area contributed by atoms with Gasteiger partial charge in [0.2, 0.25) is 0 Å². The molecule has 0 N–H and O–H groups in total. The molecule has 0 aliphatic rings. The second kappa shape index (κ2) is 7.51. The normalized spacial score (nSPS) is 10.6. The lowest BCUT2D eigenvalue weighted by molar-refractivity contribution is -0.384. The average molecular weight is 362 g/mol. The van der Waals surface area contributed by atoms with Gasteiger partial charge in [0.15, 0.2) is 0 Å². The third kappa shape index (κ3) is 4.82. The SMILES string of the molecule is O=C(C=Cc1cccc(Br)c1)OCc1cccc([N+](=O)[O-])c1. The van der Waals surface area contributed by atoms with Crippen LogP contribution in [0.15, 0.2) is 59.1 Å². The van der Waals surface area contributed by atoms with Crippen molar-refractivity contribution in [2.45, 2.75) is 6.61 Å². The van der Waals surface area contributed by atoms with Crippen LogP contribution in [-0.2, 0) is 16.1 Å². The highest BCUT2D eigenvalue weighted by Gasteiger charge is 2.06. The Hall–Kier alpha value is -2.47. The van der Waals surface area contributed by atoms with Crippen molar-refractivity contribution in [3.05, 3.63) is 80.3 Å². The number of hydrogen-bond donors (Lipinski definition) is 0. The van der Waals surface area contributed by atoms with Crippen LogP contribution >= 0.6 is 15.9 Å². The largest absolute Gasteiger partial charge is 0.458 e. The molecule has 22 heavy (non-hydrogen) atoms. The standard InChI is InChI=1S/C16H12BrNO4/c17-14-5-1-3-12(9-14)7-8-16(19)22-11-13-4-2-6-15(10-13)18(20)21/h1-10H,11H2. The average Bonchev–Trinajstić information content (AvgIpc) is 2.51. The molecule has 112 valence electrons. The van der Waals surface area contributed by atoms with Crippen LogP contribution in [0.5, 0.6) is 0 Å². The molecule has 0 amide bonds. The summed E-state index contributed by atoms with van der Waals surface area (Å²) in [4.78, 5) is 21.8. The van der Waals surface area contributed by atoms with Crippen molar-refractivity contribution >= 4 is 33.7 Å². The van der Waals surface area contributed by atoms with E-state index in [-0.39, 0.29) is 12.3 Å². The zero-order valence-electron chi connectivity index (χ0n) is 11.4. The summed E-state index contributed by atoms with van der Waals surface area (Å²) in [6.07, 6.45) is 2.96. The zero-order chi connectivity index (χ0) is 15.9. The van der Waals surface area contributed by atoms with E-state index in [1.54, 1.807) is 18.2 Å². The number of rotatable bonds is 5. The second-order valence-electron chi connectivity index (χ2n) is 4.42. The first kappa shape index (κ1) is 15.9. The van der Waals surface area contributed by atoms with E-state index >= 15 is 0 Å². The summed E-state index contributed by atoms with van der Waals surface area (Å²) in [7, 11) is 0. The maximum atomic E-state index is 11.6. The molecule has 2 rings (SSSR count). The molecule has 0 radical (unpaired) electrons. The van der Waals surface area contributed by atoms with Crippen molar-refractivity contribution in [3.8, 4) is 0 Å². The van der Waals surface area contributed by atoms with Gasteiger partial charge < -0.3 is 4.74 Å². The molecule has 0 saturated heterocycles. The van der Waals surface area contributed by atoms with E-state index in [4.69, 9.17) is 4.74 Å². The minimum absolute atomic E-state index is 0.0106. The molecule has 0 aliphatic heterocycles. The van der Waals surface area contributed by atoms with Crippen molar-refractivity contribution in [2.75, 3.05) is 0 Å². The molecule has 2 aromatic rings. The molecule has 0 aromatic heterocycles. The lowest BCUT2D eigenvalue weighted by Crippen LogP contribution is -2.01. The fraction of sp³-hybridized carbons (Fsp3) is 0.0625. The number of nitro groups is 1. The van der Waals surface area contributed by atoms with E-state index in [0.717, 1.165) is 10.0 Å². The van der Waals surface area contributed by atoms with Crippen molar-refractivity contribution in [2.24, 2.45) is 0 Å². The lowest BCUT2D eigenvalue weighted by atomic mass is 10.2. The lowest BCUT2D eigenvalue weighted by Gasteiger charge is -2.02.